The number of pyridine rings is 1. The normalized spacial score (nSPS) is 33.6. The maximum Gasteiger partial charge on any atom is 0.262 e. The Hall–Kier alpha value is -2.17. The molecule has 126 valence electrons. The number of nitrogens with one attached hydrogen (secondary N) is 2. The van der Waals surface area contributed by atoms with Gasteiger partial charge in [0.2, 0.25) is 5.91 Å². The number of amides is 2. The maximum absolute atomic E-state index is 12.7. The highest BCUT2D eigenvalue weighted by atomic mass is 16.2. The first-order valence-electron chi connectivity index (χ1n) is 8.82. The van der Waals surface area contributed by atoms with Gasteiger partial charge in [-0.25, -0.2) is 0 Å². The minimum atomic E-state index is -0.335. The van der Waals surface area contributed by atoms with Gasteiger partial charge in [0.05, 0.1) is 11.1 Å². The third-order valence-corrected chi connectivity index (χ3v) is 5.91. The summed E-state index contributed by atoms with van der Waals surface area (Å²) >= 11 is 0. The van der Waals surface area contributed by atoms with Crippen LogP contribution >= 0.6 is 0 Å². The highest BCUT2D eigenvalue weighted by molar-refractivity contribution is 5.93. The predicted molar refractivity (Wildman–Crippen MR) is 90.2 cm³/mol. The highest BCUT2D eigenvalue weighted by Crippen LogP contribution is 2.59. The van der Waals surface area contributed by atoms with Crippen LogP contribution in [0.5, 0.6) is 0 Å². The molecule has 4 aliphatic rings. The Morgan fingerprint density at radius 2 is 1.71 bits per heavy atom. The van der Waals surface area contributed by atoms with E-state index in [1.807, 2.05) is 18.2 Å². The quantitative estimate of drug-likeness (QED) is 0.662. The number of hydrogen-bond acceptors (Lipinski definition) is 3. The van der Waals surface area contributed by atoms with Crippen LogP contribution < -0.4 is 10.9 Å². The van der Waals surface area contributed by atoms with E-state index in [4.69, 9.17) is 0 Å². The van der Waals surface area contributed by atoms with Crippen molar-refractivity contribution in [2.24, 2.45) is 23.2 Å². The highest BCUT2D eigenvalue weighted by Gasteiger charge is 2.54. The zero-order chi connectivity index (χ0) is 16.6. The molecule has 4 fully saturated rings. The fourth-order valence-electron chi connectivity index (χ4n) is 5.32. The molecule has 0 radical (unpaired) electrons. The van der Waals surface area contributed by atoms with Crippen molar-refractivity contribution in [3.05, 3.63) is 36.2 Å². The van der Waals surface area contributed by atoms with Crippen LogP contribution in [0.3, 0.4) is 0 Å². The molecule has 4 aliphatic carbocycles. The smallest absolute Gasteiger partial charge is 0.262 e. The van der Waals surface area contributed by atoms with E-state index < -0.39 is 0 Å². The monoisotopic (exact) mass is 325 g/mol. The average molecular weight is 325 g/mol. The minimum absolute atomic E-state index is 0.00110. The van der Waals surface area contributed by atoms with Gasteiger partial charge in [-0.15, -0.1) is 0 Å². The van der Waals surface area contributed by atoms with Crippen LogP contribution in [0.1, 0.15) is 44.2 Å². The molecule has 0 atom stereocenters. The molecule has 1 aromatic rings. The Bertz CT molecular complexity index is 633. The van der Waals surface area contributed by atoms with E-state index >= 15 is 0 Å². The van der Waals surface area contributed by atoms with Gasteiger partial charge in [-0.05, 0) is 74.5 Å². The molecule has 5 nitrogen and oxygen atoms in total. The van der Waals surface area contributed by atoms with E-state index in [1.54, 1.807) is 12.3 Å². The Labute approximate surface area is 141 Å². The van der Waals surface area contributed by atoms with Crippen molar-refractivity contribution in [2.75, 3.05) is 0 Å². The number of carbonyl (C=O) groups excluding carboxylic acids is 2. The standard InChI is InChI=1S/C19H23N3O2/c23-17(5-4-16-3-1-2-6-20-16)21-22-18(24)19-10-13-7-14(11-19)9-15(8-13)12-19/h1-6,13-15H,7-12H2,(H,21,23)(H,22,24)/b5-4+. The van der Waals surface area contributed by atoms with E-state index in [2.05, 4.69) is 15.8 Å². The average Bonchev–Trinajstić information content (AvgIpc) is 2.57. The van der Waals surface area contributed by atoms with Crippen LogP contribution in [0.4, 0.5) is 0 Å². The minimum Gasteiger partial charge on any atom is -0.273 e. The van der Waals surface area contributed by atoms with Crippen LogP contribution in [0.25, 0.3) is 6.08 Å². The molecular weight excluding hydrogens is 302 g/mol. The fourth-order valence-corrected chi connectivity index (χ4v) is 5.32. The number of aromatic nitrogens is 1. The Morgan fingerprint density at radius 1 is 1.04 bits per heavy atom. The lowest BCUT2D eigenvalue weighted by Crippen LogP contribution is -2.56. The summed E-state index contributed by atoms with van der Waals surface area (Å²) in [5, 5.41) is 0. The molecular formula is C19H23N3O2. The lowest BCUT2D eigenvalue weighted by molar-refractivity contribution is -0.148. The summed E-state index contributed by atoms with van der Waals surface area (Å²) in [5.74, 6) is 1.80. The number of hydrogen-bond donors (Lipinski definition) is 2. The van der Waals surface area contributed by atoms with Crippen LogP contribution in [0.15, 0.2) is 30.5 Å². The maximum atomic E-state index is 12.7. The molecule has 2 amide bonds. The summed E-state index contributed by atoms with van der Waals surface area (Å²) < 4.78 is 0. The van der Waals surface area contributed by atoms with E-state index in [1.165, 1.54) is 25.3 Å². The lowest BCUT2D eigenvalue weighted by atomic mass is 9.49. The van der Waals surface area contributed by atoms with Gasteiger partial charge < -0.3 is 0 Å². The number of hydrazine groups is 1. The third kappa shape index (κ3) is 2.95. The predicted octanol–water partition coefficient (Wildman–Crippen LogP) is 2.46. The van der Waals surface area contributed by atoms with Gasteiger partial charge in [0.1, 0.15) is 0 Å². The van der Waals surface area contributed by atoms with E-state index in [-0.39, 0.29) is 17.2 Å². The summed E-state index contributed by atoms with van der Waals surface area (Å²) in [5.41, 5.74) is 5.66. The largest absolute Gasteiger partial charge is 0.273 e. The molecule has 1 aromatic heterocycles. The first kappa shape index (κ1) is 15.4. The van der Waals surface area contributed by atoms with Gasteiger partial charge in [-0.2, -0.15) is 0 Å². The van der Waals surface area contributed by atoms with Crippen LogP contribution in [-0.4, -0.2) is 16.8 Å². The van der Waals surface area contributed by atoms with Crippen molar-refractivity contribution in [3.63, 3.8) is 0 Å². The van der Waals surface area contributed by atoms with Crippen LogP contribution in [0.2, 0.25) is 0 Å². The molecule has 24 heavy (non-hydrogen) atoms. The molecule has 0 spiro atoms. The molecule has 2 N–H and O–H groups in total. The number of rotatable bonds is 3. The van der Waals surface area contributed by atoms with Crippen LogP contribution in [0, 0.1) is 23.2 Å². The summed E-state index contributed by atoms with van der Waals surface area (Å²) in [6.45, 7) is 0. The van der Waals surface area contributed by atoms with Gasteiger partial charge in [0.25, 0.3) is 5.91 Å². The Balaban J connectivity index is 1.33. The SMILES string of the molecule is O=C(/C=C/c1ccccn1)NNC(=O)C12CC3CC(CC(C3)C1)C2. The topological polar surface area (TPSA) is 71.1 Å². The molecule has 0 aromatic carbocycles. The van der Waals surface area contributed by atoms with Gasteiger partial charge in [0.15, 0.2) is 0 Å². The molecule has 5 rings (SSSR count). The zero-order valence-electron chi connectivity index (χ0n) is 13.7. The van der Waals surface area contributed by atoms with Gasteiger partial charge in [-0.3, -0.25) is 25.4 Å². The molecule has 4 saturated carbocycles. The summed E-state index contributed by atoms with van der Waals surface area (Å²) in [6.07, 6.45) is 11.6. The molecule has 0 saturated heterocycles. The van der Waals surface area contributed by atoms with E-state index in [0.29, 0.717) is 23.4 Å². The van der Waals surface area contributed by atoms with Gasteiger partial charge >= 0.3 is 0 Å². The molecule has 5 heteroatoms. The number of carbonyl (C=O) groups is 2. The summed E-state index contributed by atoms with van der Waals surface area (Å²) in [7, 11) is 0. The first-order chi connectivity index (χ1) is 11.6. The Kier molecular flexibility index (Phi) is 3.87. The molecule has 0 unspecified atom stereocenters. The van der Waals surface area contributed by atoms with Crippen molar-refractivity contribution >= 4 is 17.9 Å². The van der Waals surface area contributed by atoms with Crippen molar-refractivity contribution < 1.29 is 9.59 Å². The van der Waals surface area contributed by atoms with E-state index in [9.17, 15) is 9.59 Å². The van der Waals surface area contributed by atoms with Crippen molar-refractivity contribution in [3.8, 4) is 0 Å². The molecule has 1 heterocycles. The second kappa shape index (κ2) is 6.04. The zero-order valence-corrected chi connectivity index (χ0v) is 13.7. The van der Waals surface area contributed by atoms with Crippen LogP contribution in [-0.2, 0) is 9.59 Å². The Morgan fingerprint density at radius 3 is 2.29 bits per heavy atom. The molecule has 0 aliphatic heterocycles. The fraction of sp³-hybridized carbons (Fsp3) is 0.526. The van der Waals surface area contributed by atoms with Crippen molar-refractivity contribution in [2.45, 2.75) is 38.5 Å². The second-order valence-corrected chi connectivity index (χ2v) is 7.73. The van der Waals surface area contributed by atoms with Crippen molar-refractivity contribution in [1.29, 1.82) is 0 Å². The molecule has 4 bridgehead atoms. The second-order valence-electron chi connectivity index (χ2n) is 7.73. The summed E-state index contributed by atoms with van der Waals surface area (Å²) in [4.78, 5) is 28.7. The lowest BCUT2D eigenvalue weighted by Gasteiger charge is -2.55. The number of nitrogens with zero attached hydrogens (tertiary/aromatic N) is 1. The summed E-state index contributed by atoms with van der Waals surface area (Å²) in [6, 6.07) is 5.50. The van der Waals surface area contributed by atoms with Crippen molar-refractivity contribution in [1.82, 2.24) is 15.8 Å². The van der Waals surface area contributed by atoms with Gasteiger partial charge in [-0.1, -0.05) is 6.07 Å². The van der Waals surface area contributed by atoms with E-state index in [0.717, 1.165) is 19.3 Å². The van der Waals surface area contributed by atoms with Gasteiger partial charge in [0, 0.05) is 12.3 Å². The first-order valence-corrected chi connectivity index (χ1v) is 8.82. The third-order valence-electron chi connectivity index (χ3n) is 5.91.